The van der Waals surface area contributed by atoms with Crippen molar-refractivity contribution in [3.8, 4) is 5.75 Å². The second kappa shape index (κ2) is 3.29. The topological polar surface area (TPSA) is 53.4 Å². The van der Waals surface area contributed by atoms with Crippen LogP contribution in [-0.4, -0.2) is 27.9 Å². The molecular formula is C10H12N2O2. The number of aromatic hydroxyl groups is 1. The first-order valence-corrected chi connectivity index (χ1v) is 4.58. The zero-order valence-corrected chi connectivity index (χ0v) is 7.97. The average molecular weight is 192 g/mol. The van der Waals surface area contributed by atoms with E-state index in [2.05, 4.69) is 4.98 Å². The largest absolute Gasteiger partial charge is 0.506 e. The minimum Gasteiger partial charge on any atom is -0.506 e. The highest BCUT2D eigenvalue weighted by molar-refractivity contribution is 5.78. The molecule has 4 heteroatoms. The van der Waals surface area contributed by atoms with Crippen molar-refractivity contribution in [1.82, 2.24) is 9.88 Å². The SMILES string of the molecule is CN1C(=O)CC[C@H]1c1cncc(O)c1. The number of hydrogen-bond acceptors (Lipinski definition) is 3. The van der Waals surface area contributed by atoms with Crippen LogP contribution in [0.25, 0.3) is 0 Å². The van der Waals surface area contributed by atoms with E-state index in [4.69, 9.17) is 0 Å². The number of pyridine rings is 1. The molecule has 2 heterocycles. The van der Waals surface area contributed by atoms with Crippen LogP contribution in [0.1, 0.15) is 24.4 Å². The summed E-state index contributed by atoms with van der Waals surface area (Å²) in [4.78, 5) is 16.9. The maximum absolute atomic E-state index is 11.3. The van der Waals surface area contributed by atoms with Crippen molar-refractivity contribution in [2.75, 3.05) is 7.05 Å². The zero-order valence-electron chi connectivity index (χ0n) is 7.97. The van der Waals surface area contributed by atoms with E-state index >= 15 is 0 Å². The fraction of sp³-hybridized carbons (Fsp3) is 0.400. The van der Waals surface area contributed by atoms with Crippen molar-refractivity contribution in [3.63, 3.8) is 0 Å². The third-order valence-corrected chi connectivity index (χ3v) is 2.62. The van der Waals surface area contributed by atoms with Gasteiger partial charge in [-0.05, 0) is 18.1 Å². The highest BCUT2D eigenvalue weighted by Crippen LogP contribution is 2.31. The first kappa shape index (κ1) is 8.99. The molecule has 2 rings (SSSR count). The summed E-state index contributed by atoms with van der Waals surface area (Å²) in [5.74, 6) is 0.300. The van der Waals surface area contributed by atoms with E-state index in [1.165, 1.54) is 6.20 Å². The Morgan fingerprint density at radius 1 is 1.57 bits per heavy atom. The number of likely N-dealkylation sites (tertiary alicyclic amines) is 1. The van der Waals surface area contributed by atoms with Gasteiger partial charge in [-0.25, -0.2) is 0 Å². The van der Waals surface area contributed by atoms with Crippen LogP contribution in [0.4, 0.5) is 0 Å². The van der Waals surface area contributed by atoms with Crippen LogP contribution in [0.3, 0.4) is 0 Å². The fourth-order valence-electron chi connectivity index (χ4n) is 1.82. The van der Waals surface area contributed by atoms with Gasteiger partial charge in [0, 0.05) is 19.7 Å². The molecule has 0 saturated carbocycles. The van der Waals surface area contributed by atoms with Crippen molar-refractivity contribution in [1.29, 1.82) is 0 Å². The van der Waals surface area contributed by atoms with E-state index in [1.54, 1.807) is 24.2 Å². The van der Waals surface area contributed by atoms with Gasteiger partial charge in [0.05, 0.1) is 12.2 Å². The Morgan fingerprint density at radius 2 is 2.36 bits per heavy atom. The monoisotopic (exact) mass is 192 g/mol. The Kier molecular flexibility index (Phi) is 2.11. The second-order valence-electron chi connectivity index (χ2n) is 3.54. The maximum Gasteiger partial charge on any atom is 0.222 e. The maximum atomic E-state index is 11.3. The van der Waals surface area contributed by atoms with Crippen LogP contribution in [0.2, 0.25) is 0 Å². The van der Waals surface area contributed by atoms with Crippen molar-refractivity contribution >= 4 is 5.91 Å². The van der Waals surface area contributed by atoms with Gasteiger partial charge in [-0.3, -0.25) is 9.78 Å². The summed E-state index contributed by atoms with van der Waals surface area (Å²) in [6.07, 6.45) is 4.47. The van der Waals surface area contributed by atoms with Gasteiger partial charge in [0.25, 0.3) is 0 Å². The van der Waals surface area contributed by atoms with Crippen LogP contribution < -0.4 is 0 Å². The molecule has 0 spiro atoms. The van der Waals surface area contributed by atoms with E-state index in [9.17, 15) is 9.90 Å². The fourth-order valence-corrected chi connectivity index (χ4v) is 1.82. The van der Waals surface area contributed by atoms with Gasteiger partial charge in [0.1, 0.15) is 5.75 Å². The summed E-state index contributed by atoms with van der Waals surface area (Å²) in [7, 11) is 1.78. The molecule has 0 aliphatic carbocycles. The van der Waals surface area contributed by atoms with Crippen molar-refractivity contribution in [2.24, 2.45) is 0 Å². The average Bonchev–Trinajstić information content (AvgIpc) is 2.48. The van der Waals surface area contributed by atoms with Gasteiger partial charge in [-0.2, -0.15) is 0 Å². The van der Waals surface area contributed by atoms with Gasteiger partial charge in [0.15, 0.2) is 0 Å². The number of amides is 1. The third-order valence-electron chi connectivity index (χ3n) is 2.62. The molecule has 0 radical (unpaired) electrons. The van der Waals surface area contributed by atoms with Crippen molar-refractivity contribution < 1.29 is 9.90 Å². The molecule has 1 aliphatic rings. The molecule has 1 saturated heterocycles. The Labute approximate surface area is 82.2 Å². The number of carbonyl (C=O) groups excluding carboxylic acids is 1. The number of nitrogens with zero attached hydrogens (tertiary/aromatic N) is 2. The first-order valence-electron chi connectivity index (χ1n) is 4.58. The molecule has 1 aromatic rings. The highest BCUT2D eigenvalue weighted by Gasteiger charge is 2.28. The number of rotatable bonds is 1. The zero-order chi connectivity index (χ0) is 10.1. The van der Waals surface area contributed by atoms with Crippen LogP contribution in [-0.2, 0) is 4.79 Å². The molecule has 1 aromatic heterocycles. The molecule has 74 valence electrons. The van der Waals surface area contributed by atoms with E-state index in [-0.39, 0.29) is 17.7 Å². The highest BCUT2D eigenvalue weighted by atomic mass is 16.3. The first-order chi connectivity index (χ1) is 6.68. The van der Waals surface area contributed by atoms with Crippen LogP contribution in [0.15, 0.2) is 18.5 Å². The number of hydrogen-bond donors (Lipinski definition) is 1. The Bertz CT molecular complexity index is 365. The number of aromatic nitrogens is 1. The molecule has 4 nitrogen and oxygen atoms in total. The van der Waals surface area contributed by atoms with Gasteiger partial charge in [-0.1, -0.05) is 0 Å². The van der Waals surface area contributed by atoms with Gasteiger partial charge < -0.3 is 10.0 Å². The second-order valence-corrected chi connectivity index (χ2v) is 3.54. The van der Waals surface area contributed by atoms with E-state index < -0.39 is 0 Å². The van der Waals surface area contributed by atoms with Gasteiger partial charge >= 0.3 is 0 Å². The lowest BCUT2D eigenvalue weighted by atomic mass is 10.1. The van der Waals surface area contributed by atoms with E-state index in [0.717, 1.165) is 12.0 Å². The summed E-state index contributed by atoms with van der Waals surface area (Å²) in [5, 5.41) is 9.26. The lowest BCUT2D eigenvalue weighted by molar-refractivity contribution is -0.127. The molecule has 0 unspecified atom stereocenters. The van der Waals surface area contributed by atoms with Crippen LogP contribution in [0, 0.1) is 0 Å². The summed E-state index contributed by atoms with van der Waals surface area (Å²) >= 11 is 0. The van der Waals surface area contributed by atoms with Crippen molar-refractivity contribution in [3.05, 3.63) is 24.0 Å². The predicted octanol–water partition coefficient (Wildman–Crippen LogP) is 1.08. The molecule has 1 amide bonds. The van der Waals surface area contributed by atoms with Crippen LogP contribution in [0.5, 0.6) is 5.75 Å². The quantitative estimate of drug-likeness (QED) is 0.724. The Balaban J connectivity index is 2.28. The van der Waals surface area contributed by atoms with Gasteiger partial charge in [0.2, 0.25) is 5.91 Å². The Morgan fingerprint density at radius 3 is 2.93 bits per heavy atom. The standard InChI is InChI=1S/C10H12N2O2/c1-12-9(2-3-10(12)14)7-4-8(13)6-11-5-7/h4-6,9,13H,2-3H2,1H3/t9-/m0/s1. The third kappa shape index (κ3) is 1.43. The lowest BCUT2D eigenvalue weighted by Crippen LogP contribution is -2.22. The normalized spacial score (nSPS) is 21.6. The minimum atomic E-state index is 0.0714. The van der Waals surface area contributed by atoms with Crippen LogP contribution >= 0.6 is 0 Å². The predicted molar refractivity (Wildman–Crippen MR) is 50.6 cm³/mol. The molecule has 1 atom stereocenters. The minimum absolute atomic E-state index is 0.0714. The summed E-state index contributed by atoms with van der Waals surface area (Å²) in [5.41, 5.74) is 0.901. The molecular weight excluding hydrogens is 180 g/mol. The molecule has 14 heavy (non-hydrogen) atoms. The van der Waals surface area contributed by atoms with Crippen molar-refractivity contribution in [2.45, 2.75) is 18.9 Å². The molecule has 1 aliphatic heterocycles. The number of carbonyl (C=O) groups is 1. The summed E-state index contributed by atoms with van der Waals surface area (Å²) in [6.45, 7) is 0. The lowest BCUT2D eigenvalue weighted by Gasteiger charge is -2.19. The summed E-state index contributed by atoms with van der Waals surface area (Å²) in [6, 6.07) is 1.73. The molecule has 0 bridgehead atoms. The molecule has 1 fully saturated rings. The van der Waals surface area contributed by atoms with Gasteiger partial charge in [-0.15, -0.1) is 0 Å². The Hall–Kier alpha value is -1.58. The van der Waals surface area contributed by atoms with E-state index in [0.29, 0.717) is 6.42 Å². The molecule has 0 aromatic carbocycles. The van der Waals surface area contributed by atoms with E-state index in [1.807, 2.05) is 0 Å². The summed E-state index contributed by atoms with van der Waals surface area (Å²) < 4.78 is 0. The molecule has 1 N–H and O–H groups in total. The smallest absolute Gasteiger partial charge is 0.222 e.